The van der Waals surface area contributed by atoms with Crippen LogP contribution in [0.5, 0.6) is 0 Å². The van der Waals surface area contributed by atoms with E-state index in [2.05, 4.69) is 30.5 Å². The van der Waals surface area contributed by atoms with Crippen molar-refractivity contribution in [1.82, 2.24) is 15.0 Å². The van der Waals surface area contributed by atoms with Gasteiger partial charge >= 0.3 is 0 Å². The zero-order valence-corrected chi connectivity index (χ0v) is 15.1. The van der Waals surface area contributed by atoms with E-state index in [0.29, 0.717) is 29.6 Å². The number of rotatable bonds is 7. The Labute approximate surface area is 160 Å². The molecule has 0 aliphatic rings. The molecule has 0 saturated heterocycles. The molecule has 2 heterocycles. The van der Waals surface area contributed by atoms with E-state index in [1.807, 2.05) is 6.92 Å². The van der Waals surface area contributed by atoms with Gasteiger partial charge in [0, 0.05) is 36.6 Å². The van der Waals surface area contributed by atoms with Crippen LogP contribution in [0.4, 0.5) is 28.7 Å². The molecule has 3 aromatic rings. The van der Waals surface area contributed by atoms with Crippen LogP contribution in [0.25, 0.3) is 11.4 Å². The van der Waals surface area contributed by atoms with E-state index in [1.165, 1.54) is 24.3 Å². The van der Waals surface area contributed by atoms with Gasteiger partial charge in [-0.1, -0.05) is 6.92 Å². The van der Waals surface area contributed by atoms with Gasteiger partial charge in [-0.25, -0.2) is 9.97 Å². The summed E-state index contributed by atoms with van der Waals surface area (Å²) in [6.07, 6.45) is 4.18. The summed E-state index contributed by atoms with van der Waals surface area (Å²) < 4.78 is 0. The quantitative estimate of drug-likeness (QED) is 0.355. The zero-order chi connectivity index (χ0) is 19.9. The largest absolute Gasteiger partial charge is 0.382 e. The second-order valence-electron chi connectivity index (χ2n) is 5.77. The number of aromatic nitrogens is 3. The predicted octanol–water partition coefficient (Wildman–Crippen LogP) is 4.27. The maximum absolute atomic E-state index is 10.7. The van der Waals surface area contributed by atoms with Crippen LogP contribution < -0.4 is 11.1 Å². The molecular formula is C18H18N8O2. The molecule has 3 rings (SSSR count). The summed E-state index contributed by atoms with van der Waals surface area (Å²) in [6, 6.07) is 9.30. The average Bonchev–Trinajstić information content (AvgIpc) is 2.72. The van der Waals surface area contributed by atoms with Crippen molar-refractivity contribution in [2.45, 2.75) is 13.3 Å². The van der Waals surface area contributed by atoms with Gasteiger partial charge in [0.15, 0.2) is 23.1 Å². The van der Waals surface area contributed by atoms with Crippen molar-refractivity contribution in [1.29, 1.82) is 0 Å². The molecule has 2 aromatic heterocycles. The van der Waals surface area contributed by atoms with Gasteiger partial charge in [0.1, 0.15) is 0 Å². The Kier molecular flexibility index (Phi) is 5.80. The van der Waals surface area contributed by atoms with Crippen molar-refractivity contribution in [3.63, 3.8) is 0 Å². The van der Waals surface area contributed by atoms with E-state index in [9.17, 15) is 10.1 Å². The van der Waals surface area contributed by atoms with E-state index in [4.69, 9.17) is 5.73 Å². The summed E-state index contributed by atoms with van der Waals surface area (Å²) in [7, 11) is 0. The molecule has 0 radical (unpaired) electrons. The van der Waals surface area contributed by atoms with Crippen molar-refractivity contribution >= 4 is 28.7 Å². The van der Waals surface area contributed by atoms with Crippen LogP contribution in [0.3, 0.4) is 0 Å². The number of hydrogen-bond acceptors (Lipinski definition) is 9. The summed E-state index contributed by atoms with van der Waals surface area (Å²) in [5, 5.41) is 22.2. The van der Waals surface area contributed by atoms with Crippen molar-refractivity contribution in [2.24, 2.45) is 10.2 Å². The summed E-state index contributed by atoms with van der Waals surface area (Å²) in [5.41, 5.74) is 7.63. The lowest BCUT2D eigenvalue weighted by atomic mass is 10.2. The molecule has 0 saturated carbocycles. The van der Waals surface area contributed by atoms with E-state index < -0.39 is 4.92 Å². The number of hydrogen-bond donors (Lipinski definition) is 2. The Morgan fingerprint density at radius 1 is 1.11 bits per heavy atom. The number of non-ortho nitro benzene ring substituents is 1. The first-order valence-electron chi connectivity index (χ1n) is 8.56. The number of nitrogens with one attached hydrogen (secondary N) is 1. The van der Waals surface area contributed by atoms with Crippen molar-refractivity contribution in [2.75, 3.05) is 17.6 Å². The van der Waals surface area contributed by atoms with Crippen molar-refractivity contribution < 1.29 is 4.92 Å². The Morgan fingerprint density at radius 3 is 2.46 bits per heavy atom. The smallest absolute Gasteiger partial charge is 0.269 e. The van der Waals surface area contributed by atoms with Crippen molar-refractivity contribution in [3.05, 3.63) is 58.9 Å². The third kappa shape index (κ3) is 4.41. The fourth-order valence-corrected chi connectivity index (χ4v) is 2.32. The normalized spacial score (nSPS) is 10.9. The SMILES string of the molecule is CCCNc1nc(-c2ccncc2)nc(N)c1N=Nc1ccc([N+](=O)[O-])cc1. The number of azo groups is 1. The summed E-state index contributed by atoms with van der Waals surface area (Å²) in [5.74, 6) is 1.09. The van der Waals surface area contributed by atoms with Crippen LogP contribution in [-0.4, -0.2) is 26.4 Å². The van der Waals surface area contributed by atoms with Gasteiger partial charge < -0.3 is 11.1 Å². The monoisotopic (exact) mass is 378 g/mol. The first-order valence-corrected chi connectivity index (χ1v) is 8.56. The summed E-state index contributed by atoms with van der Waals surface area (Å²) >= 11 is 0. The zero-order valence-electron chi connectivity index (χ0n) is 15.1. The van der Waals surface area contributed by atoms with Gasteiger partial charge in [-0.3, -0.25) is 15.1 Å². The molecule has 0 bridgehead atoms. The number of nitro groups is 1. The van der Waals surface area contributed by atoms with Gasteiger partial charge in [-0.05, 0) is 30.7 Å². The number of benzene rings is 1. The second kappa shape index (κ2) is 8.62. The Morgan fingerprint density at radius 2 is 1.82 bits per heavy atom. The lowest BCUT2D eigenvalue weighted by Crippen LogP contribution is -2.06. The maximum Gasteiger partial charge on any atom is 0.269 e. The minimum absolute atomic E-state index is 0.0196. The van der Waals surface area contributed by atoms with Gasteiger partial charge in [0.2, 0.25) is 0 Å². The minimum atomic E-state index is -0.475. The van der Waals surface area contributed by atoms with Gasteiger partial charge in [0.05, 0.1) is 10.6 Å². The number of nitrogens with two attached hydrogens (primary N) is 1. The molecule has 10 heteroatoms. The van der Waals surface area contributed by atoms with Crippen LogP contribution in [0.2, 0.25) is 0 Å². The van der Waals surface area contributed by atoms with Crippen molar-refractivity contribution in [3.8, 4) is 11.4 Å². The summed E-state index contributed by atoms with van der Waals surface area (Å²) in [4.78, 5) is 23.1. The van der Waals surface area contributed by atoms with Crippen LogP contribution in [0, 0.1) is 10.1 Å². The highest BCUT2D eigenvalue weighted by molar-refractivity contribution is 5.75. The lowest BCUT2D eigenvalue weighted by Gasteiger charge is -2.10. The lowest BCUT2D eigenvalue weighted by molar-refractivity contribution is -0.384. The first kappa shape index (κ1) is 18.8. The topological polar surface area (TPSA) is 145 Å². The molecule has 0 aliphatic heterocycles. The molecule has 0 fully saturated rings. The Hall–Kier alpha value is -3.95. The minimum Gasteiger partial charge on any atom is -0.382 e. The van der Waals surface area contributed by atoms with E-state index in [1.54, 1.807) is 24.5 Å². The molecule has 1 aromatic carbocycles. The first-order chi connectivity index (χ1) is 13.6. The number of anilines is 2. The van der Waals surface area contributed by atoms with E-state index in [-0.39, 0.29) is 11.5 Å². The molecular weight excluding hydrogens is 360 g/mol. The van der Waals surface area contributed by atoms with Gasteiger partial charge in [-0.15, -0.1) is 5.11 Å². The number of nitro benzene ring substituents is 1. The van der Waals surface area contributed by atoms with E-state index in [0.717, 1.165) is 12.0 Å². The number of nitrogens with zero attached hydrogens (tertiary/aromatic N) is 6. The molecule has 0 spiro atoms. The van der Waals surface area contributed by atoms with Crippen LogP contribution >= 0.6 is 0 Å². The highest BCUT2D eigenvalue weighted by atomic mass is 16.6. The molecule has 28 heavy (non-hydrogen) atoms. The van der Waals surface area contributed by atoms with E-state index >= 15 is 0 Å². The third-order valence-corrected chi connectivity index (χ3v) is 3.72. The molecule has 0 atom stereocenters. The second-order valence-corrected chi connectivity index (χ2v) is 5.77. The molecule has 0 amide bonds. The molecule has 0 aliphatic carbocycles. The maximum atomic E-state index is 10.7. The van der Waals surface area contributed by atoms with Crippen LogP contribution in [0.1, 0.15) is 13.3 Å². The average molecular weight is 378 g/mol. The molecule has 142 valence electrons. The Bertz CT molecular complexity index is 990. The predicted molar refractivity (Wildman–Crippen MR) is 106 cm³/mol. The highest BCUT2D eigenvalue weighted by Crippen LogP contribution is 2.33. The van der Waals surface area contributed by atoms with Gasteiger partial charge in [-0.2, -0.15) is 5.11 Å². The third-order valence-electron chi connectivity index (χ3n) is 3.72. The number of pyridine rings is 1. The summed E-state index contributed by atoms with van der Waals surface area (Å²) in [6.45, 7) is 2.70. The fourth-order valence-electron chi connectivity index (χ4n) is 2.32. The Balaban J connectivity index is 1.95. The molecule has 0 unspecified atom stereocenters. The highest BCUT2D eigenvalue weighted by Gasteiger charge is 2.13. The molecule has 10 nitrogen and oxygen atoms in total. The molecule has 3 N–H and O–H groups in total. The van der Waals surface area contributed by atoms with Gasteiger partial charge in [0.25, 0.3) is 5.69 Å². The van der Waals surface area contributed by atoms with Crippen LogP contribution in [-0.2, 0) is 0 Å². The fraction of sp³-hybridized carbons (Fsp3) is 0.167. The van der Waals surface area contributed by atoms with Crippen LogP contribution in [0.15, 0.2) is 59.0 Å². The number of nitrogen functional groups attached to an aromatic ring is 1. The standard InChI is InChI=1S/C18H18N8O2/c1-2-9-21-18-15(25-24-13-3-5-14(6-4-13)26(27)28)16(19)22-17(23-18)12-7-10-20-11-8-12/h3-8,10-11H,2,9H2,1H3,(H3,19,21,22,23).